The Hall–Kier alpha value is -2.57. The SMILES string of the molecule is C=C(C)[C@@H]1N2CC(=O)NN=C2C[C@@H](C2C=CC=C(Cl)C2)[C@]12C(=O)Nc1cc(Cl)ccc12. The lowest BCUT2D eigenvalue weighted by molar-refractivity contribution is -0.129. The van der Waals surface area contributed by atoms with E-state index in [-0.39, 0.29) is 30.2 Å². The van der Waals surface area contributed by atoms with Crippen LogP contribution in [0.25, 0.3) is 0 Å². The summed E-state index contributed by atoms with van der Waals surface area (Å²) in [5, 5.41) is 8.73. The van der Waals surface area contributed by atoms with E-state index in [9.17, 15) is 9.59 Å². The average molecular weight is 457 g/mol. The number of carbonyl (C=O) groups is 2. The topological polar surface area (TPSA) is 73.8 Å². The number of nitrogens with zero attached hydrogens (tertiary/aromatic N) is 2. The van der Waals surface area contributed by atoms with Crippen LogP contribution in [-0.2, 0) is 15.0 Å². The highest BCUT2D eigenvalue weighted by atomic mass is 35.5. The molecule has 160 valence electrons. The van der Waals surface area contributed by atoms with Crippen molar-refractivity contribution < 1.29 is 9.59 Å². The van der Waals surface area contributed by atoms with E-state index in [2.05, 4.69) is 28.5 Å². The molecule has 1 unspecified atom stereocenters. The maximum Gasteiger partial charge on any atom is 0.259 e. The molecular formula is C23H22Cl2N4O2. The summed E-state index contributed by atoms with van der Waals surface area (Å²) in [7, 11) is 0. The lowest BCUT2D eigenvalue weighted by Crippen LogP contribution is -2.68. The summed E-state index contributed by atoms with van der Waals surface area (Å²) in [6.45, 7) is 6.28. The van der Waals surface area contributed by atoms with Crippen LogP contribution in [0.2, 0.25) is 5.02 Å². The summed E-state index contributed by atoms with van der Waals surface area (Å²) in [6.07, 6.45) is 7.12. The number of allylic oxidation sites excluding steroid dienone is 4. The van der Waals surface area contributed by atoms with Gasteiger partial charge in [-0.1, -0.05) is 53.6 Å². The minimum atomic E-state index is -0.952. The van der Waals surface area contributed by atoms with Gasteiger partial charge in [0.1, 0.15) is 17.8 Å². The maximum atomic E-state index is 13.9. The molecule has 6 nitrogen and oxygen atoms in total. The van der Waals surface area contributed by atoms with Gasteiger partial charge in [-0.15, -0.1) is 0 Å². The summed E-state index contributed by atoms with van der Waals surface area (Å²) in [5.74, 6) is 0.334. The largest absolute Gasteiger partial charge is 0.341 e. The molecule has 1 aromatic rings. The lowest BCUT2D eigenvalue weighted by atomic mass is 9.56. The van der Waals surface area contributed by atoms with Crippen molar-refractivity contribution in [2.75, 3.05) is 11.9 Å². The van der Waals surface area contributed by atoms with Crippen molar-refractivity contribution >= 4 is 46.5 Å². The number of fused-ring (bicyclic) bond motifs is 3. The Bertz CT molecular complexity index is 1110. The highest BCUT2D eigenvalue weighted by Crippen LogP contribution is 2.56. The second kappa shape index (κ2) is 7.24. The van der Waals surface area contributed by atoms with Gasteiger partial charge in [0, 0.05) is 22.2 Å². The van der Waals surface area contributed by atoms with Gasteiger partial charge in [-0.05, 0) is 49.0 Å². The van der Waals surface area contributed by atoms with Crippen LogP contribution in [0.15, 0.2) is 58.7 Å². The molecule has 4 atom stereocenters. The molecule has 0 saturated carbocycles. The van der Waals surface area contributed by atoms with Crippen molar-refractivity contribution in [3.63, 3.8) is 0 Å². The van der Waals surface area contributed by atoms with E-state index in [1.807, 2.05) is 36.1 Å². The highest BCUT2D eigenvalue weighted by molar-refractivity contribution is 6.31. The van der Waals surface area contributed by atoms with Gasteiger partial charge >= 0.3 is 0 Å². The minimum Gasteiger partial charge on any atom is -0.341 e. The summed E-state index contributed by atoms with van der Waals surface area (Å²) in [5.41, 5.74) is 4.02. The van der Waals surface area contributed by atoms with Gasteiger partial charge in [0.2, 0.25) is 5.91 Å². The maximum absolute atomic E-state index is 13.9. The number of halogens is 2. The quantitative estimate of drug-likeness (QED) is 0.661. The van der Waals surface area contributed by atoms with E-state index in [4.69, 9.17) is 23.2 Å². The molecule has 1 saturated heterocycles. The zero-order valence-electron chi connectivity index (χ0n) is 17.0. The predicted molar refractivity (Wildman–Crippen MR) is 122 cm³/mol. The molecule has 1 spiro atoms. The van der Waals surface area contributed by atoms with E-state index in [1.54, 1.807) is 6.07 Å². The zero-order valence-corrected chi connectivity index (χ0v) is 18.5. The number of carbonyl (C=O) groups excluding carboxylic acids is 2. The Balaban J connectivity index is 1.76. The van der Waals surface area contributed by atoms with Gasteiger partial charge < -0.3 is 10.2 Å². The van der Waals surface area contributed by atoms with E-state index in [0.717, 1.165) is 22.0 Å². The van der Waals surface area contributed by atoms with Gasteiger partial charge in [0.25, 0.3) is 5.91 Å². The first-order valence-corrected chi connectivity index (χ1v) is 11.0. The Morgan fingerprint density at radius 2 is 2.10 bits per heavy atom. The third-order valence-electron chi connectivity index (χ3n) is 6.79. The smallest absolute Gasteiger partial charge is 0.259 e. The van der Waals surface area contributed by atoms with Crippen LogP contribution < -0.4 is 10.7 Å². The van der Waals surface area contributed by atoms with Crippen molar-refractivity contribution in [1.29, 1.82) is 0 Å². The van der Waals surface area contributed by atoms with Crippen LogP contribution in [0.4, 0.5) is 5.69 Å². The first-order chi connectivity index (χ1) is 14.8. The summed E-state index contributed by atoms with van der Waals surface area (Å²) in [4.78, 5) is 28.1. The van der Waals surface area contributed by atoms with Crippen LogP contribution in [-0.4, -0.2) is 35.1 Å². The predicted octanol–water partition coefficient (Wildman–Crippen LogP) is 3.94. The second-order valence-corrected chi connectivity index (χ2v) is 9.55. The van der Waals surface area contributed by atoms with E-state index < -0.39 is 11.5 Å². The summed E-state index contributed by atoms with van der Waals surface area (Å²) < 4.78 is 0. The fourth-order valence-corrected chi connectivity index (χ4v) is 6.16. The number of nitrogens with one attached hydrogen (secondary N) is 2. The molecule has 8 heteroatoms. The van der Waals surface area contributed by atoms with Gasteiger partial charge in [-0.25, -0.2) is 5.43 Å². The summed E-state index contributed by atoms with van der Waals surface area (Å²) in [6, 6.07) is 5.09. The molecule has 0 aromatic heterocycles. The molecule has 1 fully saturated rings. The van der Waals surface area contributed by atoms with E-state index >= 15 is 0 Å². The van der Waals surface area contributed by atoms with E-state index in [1.165, 1.54) is 0 Å². The van der Waals surface area contributed by atoms with Crippen LogP contribution in [0.1, 0.15) is 25.3 Å². The fraction of sp³-hybridized carbons (Fsp3) is 0.348. The van der Waals surface area contributed by atoms with Gasteiger partial charge in [-0.2, -0.15) is 5.10 Å². The molecule has 31 heavy (non-hydrogen) atoms. The van der Waals surface area contributed by atoms with Crippen LogP contribution in [0.3, 0.4) is 0 Å². The molecule has 1 aliphatic carbocycles. The molecule has 2 amide bonds. The minimum absolute atomic E-state index is 0.0224. The fourth-order valence-electron chi connectivity index (χ4n) is 5.73. The first-order valence-electron chi connectivity index (χ1n) is 10.2. The number of rotatable bonds is 2. The van der Waals surface area contributed by atoms with Crippen molar-refractivity contribution in [1.82, 2.24) is 10.3 Å². The Labute approximate surface area is 190 Å². The van der Waals surface area contributed by atoms with Crippen molar-refractivity contribution in [2.24, 2.45) is 16.9 Å². The number of amidine groups is 1. The van der Waals surface area contributed by atoms with Gasteiger partial charge in [-0.3, -0.25) is 9.59 Å². The molecule has 3 aliphatic heterocycles. The standard InChI is InChI=1S/C23H22Cl2N4O2/c1-12(2)21-23(16-7-6-15(25)9-18(16)26-22(23)31)17(13-4-3-5-14(24)8-13)10-19-27-28-20(30)11-29(19)21/h3-7,9,13,17,21H,1,8,10-11H2,2H3,(H,26,31)(H,28,30)/t13?,17-,21-,23-/m0/s1. The number of hydrogen-bond donors (Lipinski definition) is 2. The molecule has 3 heterocycles. The molecule has 5 rings (SSSR count). The number of benzene rings is 1. The Morgan fingerprint density at radius 3 is 2.84 bits per heavy atom. The van der Waals surface area contributed by atoms with Crippen molar-refractivity contribution in [3.8, 4) is 0 Å². The zero-order chi connectivity index (χ0) is 21.9. The second-order valence-electron chi connectivity index (χ2n) is 8.63. The van der Waals surface area contributed by atoms with Crippen LogP contribution in [0, 0.1) is 11.8 Å². The summed E-state index contributed by atoms with van der Waals surface area (Å²) >= 11 is 12.7. The third kappa shape index (κ3) is 2.96. The molecule has 4 aliphatic rings. The number of amides is 2. The van der Waals surface area contributed by atoms with E-state index in [0.29, 0.717) is 23.6 Å². The van der Waals surface area contributed by atoms with Crippen LogP contribution in [0.5, 0.6) is 0 Å². The molecule has 2 N–H and O–H groups in total. The number of piperidine rings is 1. The number of hydrogen-bond acceptors (Lipinski definition) is 4. The molecule has 0 bridgehead atoms. The number of hydrazone groups is 1. The lowest BCUT2D eigenvalue weighted by Gasteiger charge is -2.55. The monoisotopic (exact) mass is 456 g/mol. The Morgan fingerprint density at radius 1 is 1.29 bits per heavy atom. The molecule has 0 radical (unpaired) electrons. The first kappa shape index (κ1) is 20.3. The number of anilines is 1. The average Bonchev–Trinajstić information content (AvgIpc) is 2.98. The highest BCUT2D eigenvalue weighted by Gasteiger charge is 2.64. The Kier molecular flexibility index (Phi) is 4.75. The van der Waals surface area contributed by atoms with Gasteiger partial charge in [0.05, 0.1) is 6.04 Å². The van der Waals surface area contributed by atoms with Crippen molar-refractivity contribution in [2.45, 2.75) is 31.2 Å². The molecule has 1 aromatic carbocycles. The van der Waals surface area contributed by atoms with Crippen molar-refractivity contribution in [3.05, 3.63) is 64.2 Å². The third-order valence-corrected chi connectivity index (χ3v) is 7.30. The van der Waals surface area contributed by atoms with Crippen LogP contribution >= 0.6 is 23.2 Å². The molecular weight excluding hydrogens is 435 g/mol. The normalized spacial score (nSPS) is 31.5. The van der Waals surface area contributed by atoms with Gasteiger partial charge in [0.15, 0.2) is 0 Å².